The Morgan fingerprint density at radius 1 is 1.10 bits per heavy atom. The van der Waals surface area contributed by atoms with Crippen molar-refractivity contribution >= 4 is 34.8 Å². The zero-order chi connectivity index (χ0) is 15.7. The van der Waals surface area contributed by atoms with E-state index in [0.717, 1.165) is 19.5 Å². The van der Waals surface area contributed by atoms with Crippen LogP contribution in [0, 0.1) is 0 Å². The second-order valence-corrected chi connectivity index (χ2v) is 5.73. The van der Waals surface area contributed by atoms with Crippen molar-refractivity contribution < 1.29 is 4.74 Å². The number of hydrogen-bond donors (Lipinski definition) is 2. The predicted molar refractivity (Wildman–Crippen MR) is 90.9 cm³/mol. The van der Waals surface area contributed by atoms with Gasteiger partial charge in [-0.15, -0.1) is 0 Å². The van der Waals surface area contributed by atoms with Crippen LogP contribution < -0.4 is 10.6 Å². The van der Waals surface area contributed by atoms with Crippen molar-refractivity contribution in [1.82, 2.24) is 9.88 Å². The molecule has 120 valence electrons. The first kappa shape index (κ1) is 18.3. The molecule has 0 unspecified atom stereocenters. The molecule has 5 nitrogen and oxygen atoms in total. The number of aromatic nitrogens is 1. The van der Waals surface area contributed by atoms with Gasteiger partial charge in [-0.05, 0) is 26.6 Å². The third-order valence-corrected chi connectivity index (χ3v) is 3.27. The highest BCUT2D eigenvalue weighted by molar-refractivity contribution is 6.37. The number of ether oxygens (including phenoxy) is 1. The first-order valence-electron chi connectivity index (χ1n) is 7.10. The Morgan fingerprint density at radius 2 is 1.71 bits per heavy atom. The van der Waals surface area contributed by atoms with Gasteiger partial charge in [0.05, 0.1) is 23.3 Å². The van der Waals surface area contributed by atoms with Crippen molar-refractivity contribution in [3.63, 3.8) is 0 Å². The highest BCUT2D eigenvalue weighted by atomic mass is 35.5. The van der Waals surface area contributed by atoms with E-state index in [1.165, 1.54) is 0 Å². The lowest BCUT2D eigenvalue weighted by Gasteiger charge is -2.13. The van der Waals surface area contributed by atoms with Gasteiger partial charge in [-0.2, -0.15) is 0 Å². The molecule has 0 bridgehead atoms. The maximum absolute atomic E-state index is 6.13. The lowest BCUT2D eigenvalue weighted by Crippen LogP contribution is -2.20. The standard InChI is InChI=1S/C14H24Cl2N4O/c1-4-5-17-13-11(15)10-12(16)14(19-13)18-6-8-21-9-7-20(2)3/h10H,4-9H2,1-3H3,(H2,17,18,19). The predicted octanol–water partition coefficient (Wildman–Crippen LogP) is 3.20. The number of rotatable bonds is 10. The van der Waals surface area contributed by atoms with Crippen LogP contribution in [0.4, 0.5) is 11.6 Å². The molecule has 0 aliphatic rings. The maximum atomic E-state index is 6.13. The van der Waals surface area contributed by atoms with Crippen LogP contribution in [0.3, 0.4) is 0 Å². The Balaban J connectivity index is 2.43. The molecular formula is C14H24Cl2N4O. The second kappa shape index (κ2) is 10.1. The summed E-state index contributed by atoms with van der Waals surface area (Å²) in [5.74, 6) is 1.27. The number of pyridine rings is 1. The average Bonchev–Trinajstić information content (AvgIpc) is 2.43. The van der Waals surface area contributed by atoms with Gasteiger partial charge in [0.25, 0.3) is 0 Å². The molecule has 0 aliphatic carbocycles. The Morgan fingerprint density at radius 3 is 2.29 bits per heavy atom. The van der Waals surface area contributed by atoms with Crippen LogP contribution in [0.15, 0.2) is 6.07 Å². The quantitative estimate of drug-likeness (QED) is 0.643. The molecule has 0 spiro atoms. The Hall–Kier alpha value is -0.750. The molecule has 0 aromatic carbocycles. The zero-order valence-electron chi connectivity index (χ0n) is 12.9. The van der Waals surface area contributed by atoms with E-state index in [1.54, 1.807) is 6.07 Å². The van der Waals surface area contributed by atoms with Crippen LogP contribution in [-0.4, -0.2) is 56.8 Å². The van der Waals surface area contributed by atoms with E-state index in [-0.39, 0.29) is 0 Å². The summed E-state index contributed by atoms with van der Waals surface area (Å²) in [6.07, 6.45) is 1.00. The molecule has 21 heavy (non-hydrogen) atoms. The summed E-state index contributed by atoms with van der Waals surface area (Å²) in [4.78, 5) is 6.49. The molecule has 0 radical (unpaired) electrons. The number of nitrogens with one attached hydrogen (secondary N) is 2. The summed E-state index contributed by atoms with van der Waals surface area (Å²) < 4.78 is 5.51. The minimum Gasteiger partial charge on any atom is -0.378 e. The average molecular weight is 335 g/mol. The van der Waals surface area contributed by atoms with Crippen LogP contribution in [0.5, 0.6) is 0 Å². The van der Waals surface area contributed by atoms with Gasteiger partial charge in [0.2, 0.25) is 0 Å². The van der Waals surface area contributed by atoms with Crippen molar-refractivity contribution in [2.75, 3.05) is 57.6 Å². The summed E-state index contributed by atoms with van der Waals surface area (Å²) in [7, 11) is 4.04. The normalized spacial score (nSPS) is 11.0. The lowest BCUT2D eigenvalue weighted by atomic mass is 10.4. The molecule has 0 amide bonds. The van der Waals surface area contributed by atoms with Gasteiger partial charge in [-0.1, -0.05) is 30.1 Å². The van der Waals surface area contributed by atoms with Crippen molar-refractivity contribution in [3.05, 3.63) is 16.1 Å². The highest BCUT2D eigenvalue weighted by Gasteiger charge is 2.08. The van der Waals surface area contributed by atoms with Gasteiger partial charge in [0.1, 0.15) is 11.6 Å². The van der Waals surface area contributed by atoms with Crippen LogP contribution in [0.2, 0.25) is 10.0 Å². The minimum atomic E-state index is 0.510. The van der Waals surface area contributed by atoms with Gasteiger partial charge in [-0.3, -0.25) is 0 Å². The van der Waals surface area contributed by atoms with Crippen molar-refractivity contribution in [2.45, 2.75) is 13.3 Å². The largest absolute Gasteiger partial charge is 0.378 e. The van der Waals surface area contributed by atoms with E-state index in [1.807, 2.05) is 14.1 Å². The molecule has 1 aromatic heterocycles. The first-order valence-corrected chi connectivity index (χ1v) is 7.86. The maximum Gasteiger partial charge on any atom is 0.147 e. The van der Waals surface area contributed by atoms with Gasteiger partial charge in [0, 0.05) is 19.6 Å². The Labute approximate surface area is 137 Å². The third kappa shape index (κ3) is 7.18. The minimum absolute atomic E-state index is 0.510. The molecule has 1 heterocycles. The molecule has 2 N–H and O–H groups in total. The Kier molecular flexibility index (Phi) is 8.76. The molecular weight excluding hydrogens is 311 g/mol. The van der Waals surface area contributed by atoms with Crippen LogP contribution >= 0.6 is 23.2 Å². The van der Waals surface area contributed by atoms with Crippen molar-refractivity contribution in [3.8, 4) is 0 Å². The SMILES string of the molecule is CCCNc1nc(NCCOCCN(C)C)c(Cl)cc1Cl. The third-order valence-electron chi connectivity index (χ3n) is 2.69. The van der Waals surface area contributed by atoms with Crippen LogP contribution in [0.1, 0.15) is 13.3 Å². The monoisotopic (exact) mass is 334 g/mol. The van der Waals surface area contributed by atoms with E-state index < -0.39 is 0 Å². The summed E-state index contributed by atoms with van der Waals surface area (Å²) in [6.45, 7) is 5.77. The van der Waals surface area contributed by atoms with E-state index in [2.05, 4.69) is 27.4 Å². The molecule has 0 saturated heterocycles. The van der Waals surface area contributed by atoms with Gasteiger partial charge >= 0.3 is 0 Å². The molecule has 1 rings (SSSR count). The number of anilines is 2. The van der Waals surface area contributed by atoms with Crippen LogP contribution in [-0.2, 0) is 4.74 Å². The van der Waals surface area contributed by atoms with Gasteiger partial charge < -0.3 is 20.3 Å². The fourth-order valence-electron chi connectivity index (χ4n) is 1.55. The van der Waals surface area contributed by atoms with Crippen molar-refractivity contribution in [2.24, 2.45) is 0 Å². The molecule has 1 aromatic rings. The van der Waals surface area contributed by atoms with Crippen LogP contribution in [0.25, 0.3) is 0 Å². The fourth-order valence-corrected chi connectivity index (χ4v) is 2.04. The Bertz CT molecular complexity index is 430. The number of halogens is 2. The van der Waals surface area contributed by atoms with E-state index in [0.29, 0.717) is 41.4 Å². The smallest absolute Gasteiger partial charge is 0.147 e. The summed E-state index contributed by atoms with van der Waals surface area (Å²) >= 11 is 12.2. The summed E-state index contributed by atoms with van der Waals surface area (Å²) in [6, 6.07) is 1.70. The fraction of sp³-hybridized carbons (Fsp3) is 0.643. The van der Waals surface area contributed by atoms with Gasteiger partial charge in [0.15, 0.2) is 0 Å². The molecule has 0 aliphatic heterocycles. The lowest BCUT2D eigenvalue weighted by molar-refractivity contribution is 0.126. The van der Waals surface area contributed by atoms with E-state index in [9.17, 15) is 0 Å². The first-order chi connectivity index (χ1) is 10.0. The van der Waals surface area contributed by atoms with E-state index in [4.69, 9.17) is 27.9 Å². The highest BCUT2D eigenvalue weighted by Crippen LogP contribution is 2.29. The van der Waals surface area contributed by atoms with Gasteiger partial charge in [-0.25, -0.2) is 4.98 Å². The van der Waals surface area contributed by atoms with E-state index >= 15 is 0 Å². The topological polar surface area (TPSA) is 49.4 Å². The summed E-state index contributed by atoms with van der Waals surface area (Å²) in [5.41, 5.74) is 0. The summed E-state index contributed by atoms with van der Waals surface area (Å²) in [5, 5.41) is 7.38. The number of likely N-dealkylation sites (N-methyl/N-ethyl adjacent to an activating group) is 1. The second-order valence-electron chi connectivity index (χ2n) is 4.92. The molecule has 7 heteroatoms. The molecule has 0 saturated carbocycles. The zero-order valence-corrected chi connectivity index (χ0v) is 14.4. The number of nitrogens with zero attached hydrogens (tertiary/aromatic N) is 2. The molecule has 0 fully saturated rings. The van der Waals surface area contributed by atoms with Crippen molar-refractivity contribution in [1.29, 1.82) is 0 Å². The molecule has 0 atom stereocenters. The number of hydrogen-bond acceptors (Lipinski definition) is 5.